The number of carbonyl (C=O) groups is 2. The Bertz CT molecular complexity index is 817. The third-order valence-electron chi connectivity index (χ3n) is 5.59. The van der Waals surface area contributed by atoms with E-state index in [0.29, 0.717) is 25.4 Å². The van der Waals surface area contributed by atoms with Crippen LogP contribution in [0.1, 0.15) is 37.4 Å². The summed E-state index contributed by atoms with van der Waals surface area (Å²) in [5.41, 5.74) is -0.229. The molecule has 0 bridgehead atoms. The Morgan fingerprint density at radius 3 is 3.00 bits per heavy atom. The molecule has 0 radical (unpaired) electrons. The van der Waals surface area contributed by atoms with Gasteiger partial charge in [-0.15, -0.1) is 0 Å². The maximum absolute atomic E-state index is 12.7. The molecule has 1 fully saturated rings. The molecule has 3 amide bonds. The summed E-state index contributed by atoms with van der Waals surface area (Å²) < 4.78 is 7.15. The summed E-state index contributed by atoms with van der Waals surface area (Å²) in [5, 5.41) is 10.1. The van der Waals surface area contributed by atoms with Gasteiger partial charge in [0.25, 0.3) is 0 Å². The highest BCUT2D eigenvalue weighted by atomic mass is 16.3. The Balaban J connectivity index is 1.53. The molecule has 2 unspecified atom stereocenters. The average Bonchev–Trinajstić information content (AvgIpc) is 3.39. The van der Waals surface area contributed by atoms with Crippen molar-refractivity contribution in [1.82, 2.24) is 30.3 Å². The van der Waals surface area contributed by atoms with Crippen molar-refractivity contribution in [1.29, 1.82) is 0 Å². The Morgan fingerprint density at radius 2 is 2.22 bits per heavy atom. The van der Waals surface area contributed by atoms with E-state index in [0.717, 1.165) is 25.2 Å². The monoisotopic (exact) mass is 372 g/mol. The van der Waals surface area contributed by atoms with Crippen LogP contribution in [-0.2, 0) is 17.8 Å². The quantitative estimate of drug-likeness (QED) is 0.836. The van der Waals surface area contributed by atoms with Crippen LogP contribution in [0, 0.1) is 5.41 Å². The summed E-state index contributed by atoms with van der Waals surface area (Å²) in [5.74, 6) is 1.47. The molecule has 4 heterocycles. The molecule has 2 N–H and O–H groups in total. The highest BCUT2D eigenvalue weighted by molar-refractivity contribution is 5.78. The van der Waals surface area contributed by atoms with Crippen LogP contribution in [0.4, 0.5) is 4.79 Å². The molecule has 1 saturated heterocycles. The van der Waals surface area contributed by atoms with Crippen molar-refractivity contribution in [2.45, 2.75) is 38.8 Å². The van der Waals surface area contributed by atoms with Gasteiger partial charge in [0.2, 0.25) is 5.91 Å². The van der Waals surface area contributed by atoms with E-state index in [9.17, 15) is 9.59 Å². The first-order valence-corrected chi connectivity index (χ1v) is 9.33. The van der Waals surface area contributed by atoms with Gasteiger partial charge >= 0.3 is 6.03 Å². The molecule has 2 aliphatic rings. The van der Waals surface area contributed by atoms with Crippen LogP contribution in [0.5, 0.6) is 0 Å². The summed E-state index contributed by atoms with van der Waals surface area (Å²) in [7, 11) is 0. The molecular weight excluding hydrogens is 348 g/mol. The molecule has 2 aromatic heterocycles. The Kier molecular flexibility index (Phi) is 4.59. The topological polar surface area (TPSA) is 105 Å². The number of likely N-dealkylation sites (tertiary alicyclic amines) is 1. The first kappa shape index (κ1) is 17.6. The lowest BCUT2D eigenvalue weighted by Gasteiger charge is -2.40. The van der Waals surface area contributed by atoms with Crippen LogP contribution in [-0.4, -0.2) is 51.2 Å². The fourth-order valence-electron chi connectivity index (χ4n) is 4.20. The van der Waals surface area contributed by atoms with Crippen molar-refractivity contribution >= 4 is 11.9 Å². The van der Waals surface area contributed by atoms with Crippen LogP contribution in [0.25, 0.3) is 0 Å². The third kappa shape index (κ3) is 3.29. The number of rotatable bonds is 4. The number of carbonyl (C=O) groups excluding carboxylic acids is 2. The van der Waals surface area contributed by atoms with Crippen LogP contribution in [0.15, 0.2) is 29.1 Å². The van der Waals surface area contributed by atoms with Crippen LogP contribution in [0.2, 0.25) is 0 Å². The largest absolute Gasteiger partial charge is 0.469 e. The van der Waals surface area contributed by atoms with Gasteiger partial charge in [0.1, 0.15) is 17.9 Å². The highest BCUT2D eigenvalue weighted by Crippen LogP contribution is 2.47. The van der Waals surface area contributed by atoms with Crippen molar-refractivity contribution < 1.29 is 14.0 Å². The summed E-state index contributed by atoms with van der Waals surface area (Å²) in [6.07, 6.45) is 5.02. The van der Waals surface area contributed by atoms with Gasteiger partial charge in [0.15, 0.2) is 0 Å². The zero-order valence-corrected chi connectivity index (χ0v) is 15.4. The lowest BCUT2D eigenvalue weighted by atomic mass is 9.74. The smallest absolute Gasteiger partial charge is 0.315 e. The van der Waals surface area contributed by atoms with E-state index in [-0.39, 0.29) is 29.8 Å². The summed E-state index contributed by atoms with van der Waals surface area (Å²) >= 11 is 0. The zero-order chi connectivity index (χ0) is 18.9. The van der Waals surface area contributed by atoms with Crippen molar-refractivity contribution in [3.8, 4) is 0 Å². The molecular formula is C18H24N6O3. The standard InChI is InChI=1S/C18H24N6O3/c1-2-19-17(26)22-15-16-20-12-21-24(16)8-6-18(15)5-7-23(11-18)14(25)10-13-4-3-9-27-13/h3-4,9,12,15H,2,5-8,10-11H2,1H3,(H2,19,22,26). The Labute approximate surface area is 157 Å². The van der Waals surface area contributed by atoms with Gasteiger partial charge in [-0.2, -0.15) is 5.10 Å². The van der Waals surface area contributed by atoms with E-state index >= 15 is 0 Å². The van der Waals surface area contributed by atoms with Gasteiger partial charge in [0, 0.05) is 31.6 Å². The predicted molar refractivity (Wildman–Crippen MR) is 95.6 cm³/mol. The number of nitrogens with zero attached hydrogens (tertiary/aromatic N) is 4. The van der Waals surface area contributed by atoms with Gasteiger partial charge in [-0.1, -0.05) is 0 Å². The van der Waals surface area contributed by atoms with Crippen LogP contribution < -0.4 is 10.6 Å². The maximum atomic E-state index is 12.7. The van der Waals surface area contributed by atoms with E-state index in [2.05, 4.69) is 20.7 Å². The number of furan rings is 1. The molecule has 9 heteroatoms. The number of hydrogen-bond donors (Lipinski definition) is 2. The molecule has 1 spiro atoms. The van der Waals surface area contributed by atoms with E-state index in [1.54, 1.807) is 12.3 Å². The highest BCUT2D eigenvalue weighted by Gasteiger charge is 2.50. The number of aromatic nitrogens is 3. The summed E-state index contributed by atoms with van der Waals surface area (Å²) in [4.78, 5) is 31.2. The Morgan fingerprint density at radius 1 is 1.37 bits per heavy atom. The number of fused-ring (bicyclic) bond motifs is 1. The second kappa shape index (κ2) is 7.05. The van der Waals surface area contributed by atoms with E-state index < -0.39 is 0 Å². The average molecular weight is 372 g/mol. The van der Waals surface area contributed by atoms with E-state index in [1.807, 2.05) is 22.6 Å². The Hall–Kier alpha value is -2.84. The van der Waals surface area contributed by atoms with E-state index in [4.69, 9.17) is 4.42 Å². The molecule has 27 heavy (non-hydrogen) atoms. The van der Waals surface area contributed by atoms with Crippen molar-refractivity contribution in [2.24, 2.45) is 5.41 Å². The summed E-state index contributed by atoms with van der Waals surface area (Å²) in [6.45, 7) is 4.43. The minimum Gasteiger partial charge on any atom is -0.469 e. The molecule has 9 nitrogen and oxygen atoms in total. The van der Waals surface area contributed by atoms with Gasteiger partial charge in [-0.3, -0.25) is 4.79 Å². The molecule has 144 valence electrons. The molecule has 0 saturated carbocycles. The maximum Gasteiger partial charge on any atom is 0.315 e. The van der Waals surface area contributed by atoms with Crippen molar-refractivity contribution in [2.75, 3.05) is 19.6 Å². The molecule has 2 aromatic rings. The van der Waals surface area contributed by atoms with Crippen molar-refractivity contribution in [3.63, 3.8) is 0 Å². The number of urea groups is 1. The van der Waals surface area contributed by atoms with Gasteiger partial charge in [-0.05, 0) is 31.9 Å². The molecule has 2 aliphatic heterocycles. The first-order valence-electron chi connectivity index (χ1n) is 9.33. The molecule has 0 aromatic carbocycles. The van der Waals surface area contributed by atoms with Crippen LogP contribution in [0.3, 0.4) is 0 Å². The third-order valence-corrected chi connectivity index (χ3v) is 5.59. The second-order valence-corrected chi connectivity index (χ2v) is 7.21. The predicted octanol–water partition coefficient (Wildman–Crippen LogP) is 1.10. The lowest BCUT2D eigenvalue weighted by molar-refractivity contribution is -0.130. The minimum atomic E-state index is -0.276. The lowest BCUT2D eigenvalue weighted by Crippen LogP contribution is -2.50. The number of aryl methyl sites for hydroxylation is 1. The molecule has 4 rings (SSSR count). The second-order valence-electron chi connectivity index (χ2n) is 7.21. The minimum absolute atomic E-state index is 0.0469. The molecule has 0 aliphatic carbocycles. The van der Waals surface area contributed by atoms with Gasteiger partial charge in [-0.25, -0.2) is 14.5 Å². The normalized spacial score (nSPS) is 24.0. The van der Waals surface area contributed by atoms with Crippen LogP contribution >= 0.6 is 0 Å². The number of amides is 3. The SMILES string of the molecule is CCNC(=O)NC1c2ncnn2CCC12CCN(C(=O)Cc1ccco1)C2. The summed E-state index contributed by atoms with van der Waals surface area (Å²) in [6, 6.07) is 3.10. The first-order chi connectivity index (χ1) is 13.1. The molecule has 2 atom stereocenters. The van der Waals surface area contributed by atoms with Crippen molar-refractivity contribution in [3.05, 3.63) is 36.3 Å². The van der Waals surface area contributed by atoms with E-state index in [1.165, 1.54) is 6.33 Å². The zero-order valence-electron chi connectivity index (χ0n) is 15.4. The number of nitrogens with one attached hydrogen (secondary N) is 2. The number of hydrogen-bond acceptors (Lipinski definition) is 5. The fourth-order valence-corrected chi connectivity index (χ4v) is 4.20. The van der Waals surface area contributed by atoms with Gasteiger partial charge in [0.05, 0.1) is 18.7 Å². The van der Waals surface area contributed by atoms with Gasteiger partial charge < -0.3 is 20.0 Å². The fraction of sp³-hybridized carbons (Fsp3) is 0.556.